The van der Waals surface area contributed by atoms with Gasteiger partial charge in [0, 0.05) is 21.2 Å². The van der Waals surface area contributed by atoms with Gasteiger partial charge in [-0.05, 0) is 49.1 Å². The van der Waals surface area contributed by atoms with E-state index in [1.54, 1.807) is 17.8 Å². The van der Waals surface area contributed by atoms with Gasteiger partial charge in [-0.1, -0.05) is 12.1 Å². The summed E-state index contributed by atoms with van der Waals surface area (Å²) >= 11 is 3.04. The number of hydrogen-bond acceptors (Lipinski definition) is 6. The molecule has 0 amide bonds. The van der Waals surface area contributed by atoms with Gasteiger partial charge in [0.25, 0.3) is 0 Å². The van der Waals surface area contributed by atoms with Gasteiger partial charge in [0.15, 0.2) is 9.84 Å². The monoisotopic (exact) mass is 411 g/mol. The van der Waals surface area contributed by atoms with Crippen LogP contribution in [0.5, 0.6) is 0 Å². The zero-order valence-electron chi connectivity index (χ0n) is 14.4. The number of sulfone groups is 1. The molecule has 0 bridgehead atoms. The van der Waals surface area contributed by atoms with Crippen molar-refractivity contribution in [2.24, 2.45) is 0 Å². The highest BCUT2D eigenvalue weighted by molar-refractivity contribution is 7.98. The Balaban J connectivity index is 2.05. The normalized spacial score (nSPS) is 22.7. The lowest BCUT2D eigenvalue weighted by Gasteiger charge is -2.29. The fourth-order valence-corrected chi connectivity index (χ4v) is 7.24. The molecule has 1 atom stereocenters. The molecule has 0 aliphatic carbocycles. The second kappa shape index (κ2) is 7.72. The van der Waals surface area contributed by atoms with Gasteiger partial charge >= 0.3 is 5.97 Å². The smallest absolute Gasteiger partial charge is 0.305 e. The predicted octanol–water partition coefficient (Wildman–Crippen LogP) is 3.22. The van der Waals surface area contributed by atoms with E-state index >= 15 is 0 Å². The molecule has 1 aromatic carbocycles. The average Bonchev–Trinajstić information content (AvgIpc) is 3.05. The Kier molecular flexibility index (Phi) is 5.76. The molecule has 2 N–H and O–H groups in total. The molecule has 1 saturated heterocycles. The number of thioether (sulfide) groups is 1. The summed E-state index contributed by atoms with van der Waals surface area (Å²) in [4.78, 5) is 14.2. The number of carbonyl (C=O) groups is 1. The first-order valence-corrected chi connectivity index (χ1v) is 12.0. The Bertz CT molecular complexity index is 889. The molecule has 5 nitrogen and oxygen atoms in total. The largest absolute Gasteiger partial charge is 0.481 e. The first-order chi connectivity index (χ1) is 12.4. The van der Waals surface area contributed by atoms with Crippen LogP contribution < -0.4 is 5.32 Å². The number of hydrogen-bond donors (Lipinski definition) is 2. The molecule has 0 saturated carbocycles. The van der Waals surface area contributed by atoms with E-state index in [-0.39, 0.29) is 12.2 Å². The molecule has 0 radical (unpaired) electrons. The molecule has 26 heavy (non-hydrogen) atoms. The van der Waals surface area contributed by atoms with E-state index in [2.05, 4.69) is 5.32 Å². The summed E-state index contributed by atoms with van der Waals surface area (Å²) in [5, 5.41) is 12.5. The molecule has 1 aliphatic rings. The molecule has 2 heterocycles. The Labute approximate surface area is 161 Å². The number of rotatable bonds is 5. The van der Waals surface area contributed by atoms with Crippen LogP contribution in [0.1, 0.15) is 17.7 Å². The summed E-state index contributed by atoms with van der Waals surface area (Å²) in [6.45, 7) is 0.847. The molecule has 3 rings (SSSR count). The molecule has 1 fully saturated rings. The van der Waals surface area contributed by atoms with Crippen LogP contribution in [0.25, 0.3) is 10.4 Å². The van der Waals surface area contributed by atoms with E-state index in [4.69, 9.17) is 0 Å². The number of benzene rings is 1. The van der Waals surface area contributed by atoms with E-state index in [0.717, 1.165) is 15.3 Å². The molecule has 1 aromatic heterocycles. The van der Waals surface area contributed by atoms with Crippen molar-refractivity contribution in [1.82, 2.24) is 5.32 Å². The van der Waals surface area contributed by atoms with Crippen LogP contribution >= 0.6 is 23.1 Å². The van der Waals surface area contributed by atoms with Crippen LogP contribution in [0.15, 0.2) is 41.3 Å². The number of nitrogens with one attached hydrogen (secondary N) is 1. The van der Waals surface area contributed by atoms with Crippen molar-refractivity contribution in [3.05, 3.63) is 41.3 Å². The molecule has 140 valence electrons. The highest BCUT2D eigenvalue weighted by atomic mass is 32.2. The molecule has 1 aliphatic heterocycles. The van der Waals surface area contributed by atoms with E-state index in [1.807, 2.05) is 36.6 Å². The van der Waals surface area contributed by atoms with Gasteiger partial charge in [-0.3, -0.25) is 4.79 Å². The van der Waals surface area contributed by atoms with Crippen LogP contribution in [0.3, 0.4) is 0 Å². The zero-order valence-corrected chi connectivity index (χ0v) is 16.8. The van der Waals surface area contributed by atoms with Gasteiger partial charge in [-0.2, -0.15) is 0 Å². The van der Waals surface area contributed by atoms with Gasteiger partial charge in [0.05, 0.1) is 12.2 Å². The minimum absolute atomic E-state index is 0.0457. The summed E-state index contributed by atoms with van der Waals surface area (Å²) in [7, 11) is -3.59. The third-order valence-corrected chi connectivity index (χ3v) is 9.43. The van der Waals surface area contributed by atoms with Crippen molar-refractivity contribution >= 4 is 38.9 Å². The Morgan fingerprint density at radius 1 is 1.23 bits per heavy atom. The van der Waals surface area contributed by atoms with Gasteiger partial charge in [-0.25, -0.2) is 8.42 Å². The van der Waals surface area contributed by atoms with Crippen LogP contribution in [0.4, 0.5) is 0 Å². The fourth-order valence-electron chi connectivity index (χ4n) is 3.27. The maximum absolute atomic E-state index is 13.0. The second-order valence-electron chi connectivity index (χ2n) is 6.28. The lowest BCUT2D eigenvalue weighted by molar-refractivity contribution is -0.137. The van der Waals surface area contributed by atoms with Crippen LogP contribution in [0.2, 0.25) is 0 Å². The first kappa shape index (κ1) is 19.4. The Hall–Kier alpha value is -1.35. The summed E-state index contributed by atoms with van der Waals surface area (Å²) in [6, 6.07) is 11.8. The average molecular weight is 412 g/mol. The van der Waals surface area contributed by atoms with Gasteiger partial charge < -0.3 is 10.4 Å². The lowest BCUT2D eigenvalue weighted by atomic mass is 9.98. The van der Waals surface area contributed by atoms with Crippen molar-refractivity contribution in [2.75, 3.05) is 25.1 Å². The molecule has 8 heteroatoms. The van der Waals surface area contributed by atoms with Crippen LogP contribution in [-0.4, -0.2) is 44.6 Å². The second-order valence-corrected chi connectivity index (χ2v) is 10.7. The summed E-state index contributed by atoms with van der Waals surface area (Å²) in [5.41, 5.74) is 1.01. The highest BCUT2D eigenvalue weighted by Gasteiger charge is 2.48. The standard InChI is InChI=1S/C18H21NO4S3/c1-24-14-4-2-13(3-5-14)15-6-7-16(25-15)18(12-17(20)21)8-9-19-10-11-26(18,22)23/h2-7,19H,8-12H2,1H3,(H,20,21). The van der Waals surface area contributed by atoms with Crippen molar-refractivity contribution < 1.29 is 18.3 Å². The summed E-state index contributed by atoms with van der Waals surface area (Å²) < 4.78 is 24.6. The minimum atomic E-state index is -3.59. The third-order valence-electron chi connectivity index (χ3n) is 4.71. The van der Waals surface area contributed by atoms with E-state index in [9.17, 15) is 18.3 Å². The topological polar surface area (TPSA) is 83.5 Å². The van der Waals surface area contributed by atoms with Crippen molar-refractivity contribution in [3.8, 4) is 10.4 Å². The lowest BCUT2D eigenvalue weighted by Crippen LogP contribution is -2.39. The Morgan fingerprint density at radius 3 is 2.62 bits per heavy atom. The number of thiophene rings is 1. The number of aliphatic carboxylic acids is 1. The molecule has 2 aromatic rings. The van der Waals surface area contributed by atoms with E-state index in [0.29, 0.717) is 18.0 Å². The van der Waals surface area contributed by atoms with Gasteiger partial charge in [-0.15, -0.1) is 23.1 Å². The maximum atomic E-state index is 13.0. The predicted molar refractivity (Wildman–Crippen MR) is 107 cm³/mol. The van der Waals surface area contributed by atoms with Crippen LogP contribution in [0, 0.1) is 0 Å². The Morgan fingerprint density at radius 2 is 1.96 bits per heavy atom. The molecular weight excluding hydrogens is 390 g/mol. The SMILES string of the molecule is CSc1ccc(-c2ccc(C3(CC(=O)O)CCNCCS3(=O)=O)s2)cc1. The minimum Gasteiger partial charge on any atom is -0.481 e. The van der Waals surface area contributed by atoms with Crippen molar-refractivity contribution in [3.63, 3.8) is 0 Å². The highest BCUT2D eigenvalue weighted by Crippen LogP contribution is 2.44. The molecular formula is C18H21NO4S3. The quantitative estimate of drug-likeness (QED) is 0.735. The number of carboxylic acids is 1. The first-order valence-electron chi connectivity index (χ1n) is 8.27. The van der Waals surface area contributed by atoms with Crippen LogP contribution in [-0.2, 0) is 19.4 Å². The summed E-state index contributed by atoms with van der Waals surface area (Å²) in [6.07, 6.45) is 1.88. The fraction of sp³-hybridized carbons (Fsp3) is 0.389. The van der Waals surface area contributed by atoms with E-state index in [1.165, 1.54) is 11.3 Å². The van der Waals surface area contributed by atoms with Crippen molar-refractivity contribution in [1.29, 1.82) is 0 Å². The summed E-state index contributed by atoms with van der Waals surface area (Å²) in [5.74, 6) is -1.13. The molecule has 0 spiro atoms. The van der Waals surface area contributed by atoms with Gasteiger partial charge in [0.2, 0.25) is 0 Å². The number of carboxylic acid groups (broad SMARTS) is 1. The van der Waals surface area contributed by atoms with E-state index < -0.39 is 27.0 Å². The van der Waals surface area contributed by atoms with Crippen molar-refractivity contribution in [2.45, 2.75) is 22.5 Å². The zero-order chi connectivity index (χ0) is 18.8. The van der Waals surface area contributed by atoms with Gasteiger partial charge in [0.1, 0.15) is 4.75 Å². The maximum Gasteiger partial charge on any atom is 0.305 e. The molecule has 1 unspecified atom stereocenters. The third kappa shape index (κ3) is 3.69.